The lowest BCUT2D eigenvalue weighted by molar-refractivity contribution is -0.140. The fourth-order valence-electron chi connectivity index (χ4n) is 2.39. The largest absolute Gasteiger partial charge is 0.481 e. The number of amides is 1. The van der Waals surface area contributed by atoms with E-state index in [2.05, 4.69) is 10.4 Å². The van der Waals surface area contributed by atoms with Crippen LogP contribution in [0.25, 0.3) is 0 Å². The van der Waals surface area contributed by atoms with Gasteiger partial charge >= 0.3 is 5.97 Å². The molecule has 0 saturated heterocycles. The second kappa shape index (κ2) is 7.49. The summed E-state index contributed by atoms with van der Waals surface area (Å²) >= 11 is 6.17. The Bertz CT molecular complexity index is 770. The van der Waals surface area contributed by atoms with Crippen LogP contribution in [0.5, 0.6) is 0 Å². The average molecular weight is 350 g/mol. The van der Waals surface area contributed by atoms with Crippen molar-refractivity contribution in [2.24, 2.45) is 5.92 Å². The van der Waals surface area contributed by atoms with Crippen LogP contribution in [0.3, 0.4) is 0 Å². The fourth-order valence-corrected chi connectivity index (χ4v) is 2.58. The number of hydrogen-bond acceptors (Lipinski definition) is 3. The van der Waals surface area contributed by atoms with Crippen LogP contribution in [0.1, 0.15) is 34.2 Å². The smallest absolute Gasteiger partial charge is 0.308 e. The molecular formula is C17H20ClN3O3. The Hall–Kier alpha value is -2.34. The van der Waals surface area contributed by atoms with Crippen LogP contribution in [-0.4, -0.2) is 33.3 Å². The van der Waals surface area contributed by atoms with Gasteiger partial charge in [-0.25, -0.2) is 0 Å². The molecule has 6 nitrogen and oxygen atoms in total. The van der Waals surface area contributed by atoms with Gasteiger partial charge in [0.1, 0.15) is 0 Å². The molecule has 0 aliphatic carbocycles. The van der Waals surface area contributed by atoms with Crippen molar-refractivity contribution in [3.05, 3.63) is 51.8 Å². The maximum Gasteiger partial charge on any atom is 0.308 e. The van der Waals surface area contributed by atoms with E-state index in [4.69, 9.17) is 16.7 Å². The van der Waals surface area contributed by atoms with Crippen LogP contribution in [-0.2, 0) is 11.3 Å². The van der Waals surface area contributed by atoms with Gasteiger partial charge in [0.25, 0.3) is 5.91 Å². The van der Waals surface area contributed by atoms with Crippen LogP contribution in [0, 0.1) is 19.8 Å². The Labute approximate surface area is 145 Å². The topological polar surface area (TPSA) is 84.2 Å². The molecule has 1 unspecified atom stereocenters. The van der Waals surface area contributed by atoms with Gasteiger partial charge in [0.2, 0.25) is 0 Å². The van der Waals surface area contributed by atoms with E-state index in [1.807, 2.05) is 31.2 Å². The highest BCUT2D eigenvalue weighted by molar-refractivity contribution is 6.31. The molecule has 2 rings (SSSR count). The molecule has 1 aromatic carbocycles. The number of carbonyl (C=O) groups is 2. The number of halogens is 1. The Morgan fingerprint density at radius 2 is 2.00 bits per heavy atom. The zero-order valence-electron chi connectivity index (χ0n) is 13.8. The maximum atomic E-state index is 12.4. The average Bonchev–Trinajstić information content (AvgIpc) is 2.81. The molecule has 1 amide bonds. The molecule has 1 atom stereocenters. The van der Waals surface area contributed by atoms with Crippen LogP contribution < -0.4 is 5.32 Å². The van der Waals surface area contributed by atoms with Crippen LogP contribution >= 0.6 is 11.6 Å². The van der Waals surface area contributed by atoms with E-state index in [9.17, 15) is 9.59 Å². The number of nitrogens with zero attached hydrogens (tertiary/aromatic N) is 2. The zero-order chi connectivity index (χ0) is 17.9. The molecule has 0 fully saturated rings. The minimum Gasteiger partial charge on any atom is -0.481 e. The van der Waals surface area contributed by atoms with Crippen molar-refractivity contribution < 1.29 is 14.7 Å². The van der Waals surface area contributed by atoms with Crippen molar-refractivity contribution in [1.29, 1.82) is 0 Å². The second-order valence-electron chi connectivity index (χ2n) is 5.74. The van der Waals surface area contributed by atoms with Gasteiger partial charge in [0, 0.05) is 17.3 Å². The lowest BCUT2D eigenvalue weighted by atomic mass is 10.1. The van der Waals surface area contributed by atoms with E-state index in [-0.39, 0.29) is 12.5 Å². The molecule has 1 heterocycles. The van der Waals surface area contributed by atoms with E-state index < -0.39 is 11.9 Å². The van der Waals surface area contributed by atoms with E-state index >= 15 is 0 Å². The van der Waals surface area contributed by atoms with E-state index in [0.717, 1.165) is 5.56 Å². The molecule has 0 aliphatic heterocycles. The van der Waals surface area contributed by atoms with Gasteiger partial charge in [-0.2, -0.15) is 5.10 Å². The van der Waals surface area contributed by atoms with Gasteiger partial charge in [-0.15, -0.1) is 0 Å². The van der Waals surface area contributed by atoms with Crippen LogP contribution in [0.2, 0.25) is 5.02 Å². The van der Waals surface area contributed by atoms with E-state index in [1.165, 1.54) is 0 Å². The summed E-state index contributed by atoms with van der Waals surface area (Å²) in [6.07, 6.45) is 0. The van der Waals surface area contributed by atoms with Gasteiger partial charge in [0.15, 0.2) is 0 Å². The number of carboxylic acids is 1. The summed E-state index contributed by atoms with van der Waals surface area (Å²) in [7, 11) is 0. The third kappa shape index (κ3) is 3.94. The number of rotatable bonds is 6. The summed E-state index contributed by atoms with van der Waals surface area (Å²) in [6.45, 7) is 5.65. The lowest BCUT2D eigenvalue weighted by Gasteiger charge is -2.09. The first-order chi connectivity index (χ1) is 11.3. The molecule has 0 radical (unpaired) electrons. The molecule has 1 aromatic heterocycles. The molecule has 0 bridgehead atoms. The zero-order valence-corrected chi connectivity index (χ0v) is 14.6. The van der Waals surface area contributed by atoms with Crippen LogP contribution in [0.4, 0.5) is 0 Å². The normalized spacial score (nSPS) is 12.0. The Kier molecular flexibility index (Phi) is 5.62. The number of benzene rings is 1. The summed E-state index contributed by atoms with van der Waals surface area (Å²) in [6, 6.07) is 7.47. The molecule has 2 aromatic rings. The summed E-state index contributed by atoms with van der Waals surface area (Å²) in [5, 5.41) is 16.6. The van der Waals surface area contributed by atoms with Gasteiger partial charge in [-0.05, 0) is 25.5 Å². The predicted molar refractivity (Wildman–Crippen MR) is 91.4 cm³/mol. The summed E-state index contributed by atoms with van der Waals surface area (Å²) in [4.78, 5) is 23.2. The Morgan fingerprint density at radius 3 is 2.62 bits per heavy atom. The number of carbonyl (C=O) groups excluding carboxylic acids is 1. The van der Waals surface area contributed by atoms with Crippen molar-refractivity contribution in [1.82, 2.24) is 15.1 Å². The molecular weight excluding hydrogens is 330 g/mol. The molecule has 0 aliphatic rings. The highest BCUT2D eigenvalue weighted by atomic mass is 35.5. The molecule has 2 N–H and O–H groups in total. The number of hydrogen-bond donors (Lipinski definition) is 2. The maximum absolute atomic E-state index is 12.4. The third-order valence-electron chi connectivity index (χ3n) is 3.88. The highest BCUT2D eigenvalue weighted by Gasteiger charge is 2.20. The number of aryl methyl sites for hydroxylation is 1. The first-order valence-corrected chi connectivity index (χ1v) is 7.97. The van der Waals surface area contributed by atoms with Gasteiger partial charge in [-0.1, -0.05) is 36.7 Å². The van der Waals surface area contributed by atoms with Gasteiger partial charge < -0.3 is 10.4 Å². The monoisotopic (exact) mass is 349 g/mol. The first kappa shape index (κ1) is 18.0. The summed E-state index contributed by atoms with van der Waals surface area (Å²) in [5.41, 5.74) is 2.70. The Morgan fingerprint density at radius 1 is 1.33 bits per heavy atom. The van der Waals surface area contributed by atoms with Gasteiger partial charge in [0.05, 0.1) is 23.7 Å². The minimum absolute atomic E-state index is 0.0722. The predicted octanol–water partition coefficient (Wildman–Crippen LogP) is 2.65. The van der Waals surface area contributed by atoms with Crippen molar-refractivity contribution in [3.63, 3.8) is 0 Å². The first-order valence-electron chi connectivity index (χ1n) is 7.59. The standard InChI is InChI=1S/C17H20ClN3O3/c1-10(17(23)24)8-19-16(22)15-11(2)20-21(12(15)3)9-13-6-4-5-7-14(13)18/h4-7,10H,8-9H2,1-3H3,(H,19,22)(H,23,24). The minimum atomic E-state index is -0.946. The fraction of sp³-hybridized carbons (Fsp3) is 0.353. The number of aliphatic carboxylic acids is 1. The Balaban J connectivity index is 2.18. The number of nitrogens with one attached hydrogen (secondary N) is 1. The lowest BCUT2D eigenvalue weighted by Crippen LogP contribution is -2.32. The van der Waals surface area contributed by atoms with Crippen LogP contribution in [0.15, 0.2) is 24.3 Å². The highest BCUT2D eigenvalue weighted by Crippen LogP contribution is 2.19. The molecule has 24 heavy (non-hydrogen) atoms. The second-order valence-corrected chi connectivity index (χ2v) is 6.15. The van der Waals surface area contributed by atoms with Crippen molar-refractivity contribution in [3.8, 4) is 0 Å². The van der Waals surface area contributed by atoms with Gasteiger partial charge in [-0.3, -0.25) is 14.3 Å². The quantitative estimate of drug-likeness (QED) is 0.839. The molecule has 0 spiro atoms. The van der Waals surface area contributed by atoms with Crippen molar-refractivity contribution >= 4 is 23.5 Å². The molecule has 0 saturated carbocycles. The van der Waals surface area contributed by atoms with E-state index in [0.29, 0.717) is 28.5 Å². The SMILES string of the molecule is Cc1nn(Cc2ccccc2Cl)c(C)c1C(=O)NCC(C)C(=O)O. The number of carboxylic acid groups (broad SMARTS) is 1. The third-order valence-corrected chi connectivity index (χ3v) is 4.25. The number of aromatic nitrogens is 2. The molecule has 7 heteroatoms. The summed E-state index contributed by atoms with van der Waals surface area (Å²) in [5.74, 6) is -1.91. The van der Waals surface area contributed by atoms with Crippen molar-refractivity contribution in [2.45, 2.75) is 27.3 Å². The summed E-state index contributed by atoms with van der Waals surface area (Å²) < 4.78 is 1.73. The van der Waals surface area contributed by atoms with Crippen molar-refractivity contribution in [2.75, 3.05) is 6.54 Å². The van der Waals surface area contributed by atoms with E-state index in [1.54, 1.807) is 18.5 Å². The molecule has 128 valence electrons.